The summed E-state index contributed by atoms with van der Waals surface area (Å²) in [5, 5.41) is 0. The molecule has 2 rings (SSSR count). The Morgan fingerprint density at radius 2 is 1.78 bits per heavy atom. The second kappa shape index (κ2) is 5.08. The highest BCUT2D eigenvalue weighted by Crippen LogP contribution is 2.11. The van der Waals surface area contributed by atoms with Gasteiger partial charge in [-0.1, -0.05) is 29.3 Å². The van der Waals surface area contributed by atoms with Gasteiger partial charge in [0.25, 0.3) is 0 Å². The minimum atomic E-state index is 0.0329. The standard InChI is InChI=1S/C15H16N2O/c1-10-6-11(2)8-13(7-10)9-15(18)14-4-5-16-12(3)17-14/h4-8H,9H2,1-3H3. The molecule has 0 radical (unpaired) electrons. The lowest BCUT2D eigenvalue weighted by Crippen LogP contribution is -2.07. The third-order valence-electron chi connectivity index (χ3n) is 2.71. The molecule has 0 atom stereocenters. The van der Waals surface area contributed by atoms with E-state index in [2.05, 4.69) is 16.0 Å². The molecule has 0 amide bonds. The van der Waals surface area contributed by atoms with Crippen molar-refractivity contribution in [3.63, 3.8) is 0 Å². The van der Waals surface area contributed by atoms with Crippen molar-refractivity contribution in [3.05, 3.63) is 58.7 Å². The van der Waals surface area contributed by atoms with E-state index in [0.717, 1.165) is 5.56 Å². The first-order valence-electron chi connectivity index (χ1n) is 5.94. The number of nitrogens with zero attached hydrogens (tertiary/aromatic N) is 2. The van der Waals surface area contributed by atoms with Crippen LogP contribution in [-0.4, -0.2) is 15.8 Å². The summed E-state index contributed by atoms with van der Waals surface area (Å²) >= 11 is 0. The largest absolute Gasteiger partial charge is 0.292 e. The molecule has 0 aliphatic carbocycles. The molecule has 0 spiro atoms. The van der Waals surface area contributed by atoms with Crippen molar-refractivity contribution < 1.29 is 4.79 Å². The molecule has 0 saturated heterocycles. The maximum Gasteiger partial charge on any atom is 0.185 e. The molecule has 0 aliphatic heterocycles. The summed E-state index contributed by atoms with van der Waals surface area (Å²) in [7, 11) is 0. The Hall–Kier alpha value is -2.03. The van der Waals surface area contributed by atoms with Crippen molar-refractivity contribution in [2.75, 3.05) is 0 Å². The van der Waals surface area contributed by atoms with Crippen molar-refractivity contribution in [2.24, 2.45) is 0 Å². The first kappa shape index (κ1) is 12.4. The number of benzene rings is 1. The highest BCUT2D eigenvalue weighted by atomic mass is 16.1. The Kier molecular flexibility index (Phi) is 3.51. The molecule has 92 valence electrons. The van der Waals surface area contributed by atoms with E-state index in [0.29, 0.717) is 17.9 Å². The molecule has 1 aromatic heterocycles. The van der Waals surface area contributed by atoms with Gasteiger partial charge in [0.15, 0.2) is 5.78 Å². The summed E-state index contributed by atoms with van der Waals surface area (Å²) in [5.41, 5.74) is 3.88. The lowest BCUT2D eigenvalue weighted by molar-refractivity contribution is 0.0988. The Morgan fingerprint density at radius 1 is 1.11 bits per heavy atom. The number of ketones is 1. The van der Waals surface area contributed by atoms with Crippen LogP contribution >= 0.6 is 0 Å². The van der Waals surface area contributed by atoms with Gasteiger partial charge in [-0.25, -0.2) is 9.97 Å². The van der Waals surface area contributed by atoms with Crippen LogP contribution in [0.3, 0.4) is 0 Å². The topological polar surface area (TPSA) is 42.9 Å². The molecule has 1 aromatic carbocycles. The number of carbonyl (C=O) groups excluding carboxylic acids is 1. The molecule has 3 heteroatoms. The highest BCUT2D eigenvalue weighted by Gasteiger charge is 2.09. The molecule has 18 heavy (non-hydrogen) atoms. The fourth-order valence-electron chi connectivity index (χ4n) is 2.06. The minimum Gasteiger partial charge on any atom is -0.292 e. The summed E-state index contributed by atoms with van der Waals surface area (Å²) in [6.07, 6.45) is 2.01. The third kappa shape index (κ3) is 3.00. The van der Waals surface area contributed by atoms with Gasteiger partial charge in [-0.05, 0) is 32.4 Å². The van der Waals surface area contributed by atoms with E-state index in [-0.39, 0.29) is 5.78 Å². The molecule has 0 N–H and O–H groups in total. The van der Waals surface area contributed by atoms with Crippen molar-refractivity contribution in [3.8, 4) is 0 Å². The van der Waals surface area contributed by atoms with Gasteiger partial charge >= 0.3 is 0 Å². The zero-order chi connectivity index (χ0) is 13.1. The maximum atomic E-state index is 12.1. The SMILES string of the molecule is Cc1cc(C)cc(CC(=O)c2ccnc(C)n2)c1. The number of rotatable bonds is 3. The normalized spacial score (nSPS) is 10.4. The molecule has 0 fully saturated rings. The van der Waals surface area contributed by atoms with Crippen LogP contribution in [0.1, 0.15) is 33.0 Å². The van der Waals surface area contributed by atoms with Crippen LogP contribution in [0.15, 0.2) is 30.5 Å². The second-order valence-electron chi connectivity index (χ2n) is 4.59. The maximum absolute atomic E-state index is 12.1. The molecule has 1 heterocycles. The minimum absolute atomic E-state index is 0.0329. The lowest BCUT2D eigenvalue weighted by atomic mass is 10.0. The van der Waals surface area contributed by atoms with Crippen LogP contribution in [0.2, 0.25) is 0 Å². The zero-order valence-electron chi connectivity index (χ0n) is 10.9. The van der Waals surface area contributed by atoms with Gasteiger partial charge in [0.05, 0.1) is 0 Å². The Balaban J connectivity index is 2.21. The van der Waals surface area contributed by atoms with E-state index in [1.165, 1.54) is 11.1 Å². The van der Waals surface area contributed by atoms with Gasteiger partial charge in [0, 0.05) is 12.6 Å². The van der Waals surface area contributed by atoms with Gasteiger partial charge in [-0.15, -0.1) is 0 Å². The van der Waals surface area contributed by atoms with Gasteiger partial charge in [0.2, 0.25) is 0 Å². The van der Waals surface area contributed by atoms with Crippen LogP contribution in [0.4, 0.5) is 0 Å². The summed E-state index contributed by atoms with van der Waals surface area (Å²) in [5.74, 6) is 0.659. The first-order valence-corrected chi connectivity index (χ1v) is 5.94. The molecule has 0 saturated carbocycles. The van der Waals surface area contributed by atoms with E-state index in [1.54, 1.807) is 19.2 Å². The fourth-order valence-corrected chi connectivity index (χ4v) is 2.06. The Morgan fingerprint density at radius 3 is 2.39 bits per heavy atom. The van der Waals surface area contributed by atoms with Crippen LogP contribution < -0.4 is 0 Å². The monoisotopic (exact) mass is 240 g/mol. The number of Topliss-reactive ketones (excluding diaryl/α,β-unsaturated/α-hetero) is 1. The van der Waals surface area contributed by atoms with Gasteiger partial charge < -0.3 is 0 Å². The predicted molar refractivity (Wildman–Crippen MR) is 70.7 cm³/mol. The summed E-state index contributed by atoms with van der Waals surface area (Å²) in [4.78, 5) is 20.2. The molecular formula is C15H16N2O. The molecular weight excluding hydrogens is 224 g/mol. The van der Waals surface area contributed by atoms with E-state index in [1.807, 2.05) is 26.0 Å². The molecule has 2 aromatic rings. The van der Waals surface area contributed by atoms with Gasteiger partial charge in [-0.2, -0.15) is 0 Å². The van der Waals surface area contributed by atoms with E-state index < -0.39 is 0 Å². The van der Waals surface area contributed by atoms with Crippen LogP contribution in [0, 0.1) is 20.8 Å². The smallest absolute Gasteiger partial charge is 0.185 e. The predicted octanol–water partition coefficient (Wildman–Crippen LogP) is 2.83. The first-order chi connectivity index (χ1) is 8.54. The summed E-state index contributed by atoms with van der Waals surface area (Å²) in [6, 6.07) is 7.85. The van der Waals surface area contributed by atoms with Gasteiger partial charge in [0.1, 0.15) is 11.5 Å². The van der Waals surface area contributed by atoms with Crippen molar-refractivity contribution in [1.29, 1.82) is 0 Å². The quantitative estimate of drug-likeness (QED) is 0.775. The zero-order valence-corrected chi connectivity index (χ0v) is 10.9. The number of aromatic nitrogens is 2. The van der Waals surface area contributed by atoms with Gasteiger partial charge in [-0.3, -0.25) is 4.79 Å². The number of hydrogen-bond donors (Lipinski definition) is 0. The van der Waals surface area contributed by atoms with E-state index >= 15 is 0 Å². The average Bonchev–Trinajstić information content (AvgIpc) is 2.27. The molecule has 0 bridgehead atoms. The van der Waals surface area contributed by atoms with Crippen molar-refractivity contribution in [1.82, 2.24) is 9.97 Å². The molecule has 3 nitrogen and oxygen atoms in total. The second-order valence-corrected chi connectivity index (χ2v) is 4.59. The number of hydrogen-bond acceptors (Lipinski definition) is 3. The summed E-state index contributed by atoms with van der Waals surface area (Å²) < 4.78 is 0. The Bertz CT molecular complexity index is 571. The van der Waals surface area contributed by atoms with Crippen LogP contribution in [-0.2, 0) is 6.42 Å². The molecule has 0 aliphatic rings. The average molecular weight is 240 g/mol. The number of aryl methyl sites for hydroxylation is 3. The van der Waals surface area contributed by atoms with E-state index in [9.17, 15) is 4.79 Å². The molecule has 0 unspecified atom stereocenters. The van der Waals surface area contributed by atoms with Crippen molar-refractivity contribution in [2.45, 2.75) is 27.2 Å². The third-order valence-corrected chi connectivity index (χ3v) is 2.71. The van der Waals surface area contributed by atoms with Crippen molar-refractivity contribution >= 4 is 5.78 Å². The highest BCUT2D eigenvalue weighted by molar-refractivity contribution is 5.95. The van der Waals surface area contributed by atoms with Crippen LogP contribution in [0.5, 0.6) is 0 Å². The number of carbonyl (C=O) groups is 1. The lowest BCUT2D eigenvalue weighted by Gasteiger charge is -2.04. The summed E-state index contributed by atoms with van der Waals surface area (Å²) in [6.45, 7) is 5.86. The van der Waals surface area contributed by atoms with Crippen LogP contribution in [0.25, 0.3) is 0 Å². The fraction of sp³-hybridized carbons (Fsp3) is 0.267. The Labute approximate surface area is 107 Å². The van der Waals surface area contributed by atoms with E-state index in [4.69, 9.17) is 0 Å².